The van der Waals surface area contributed by atoms with E-state index < -0.39 is 6.09 Å². The lowest BCUT2D eigenvalue weighted by molar-refractivity contribution is 0.209. The molecule has 0 saturated carbocycles. The van der Waals surface area contributed by atoms with Crippen molar-refractivity contribution < 1.29 is 9.53 Å². The number of nitrogens with two attached hydrogens (primary N) is 1. The summed E-state index contributed by atoms with van der Waals surface area (Å²) in [7, 11) is 0. The van der Waals surface area contributed by atoms with E-state index in [1.54, 1.807) is 6.08 Å². The van der Waals surface area contributed by atoms with Crippen LogP contribution in [0.4, 0.5) is 4.79 Å². The Morgan fingerprint density at radius 1 is 1.82 bits per heavy atom. The summed E-state index contributed by atoms with van der Waals surface area (Å²) in [5.74, 6) is 0.134. The molecular weight excluding hydrogens is 164 g/mol. The number of carbonyl (C=O) groups is 1. The van der Waals surface area contributed by atoms with Gasteiger partial charge < -0.3 is 10.5 Å². The fourth-order valence-corrected chi connectivity index (χ4v) is 0.809. The maximum atomic E-state index is 10.2. The average molecular weight is 170 g/mol. The molecule has 0 atom stereocenters. The van der Waals surface area contributed by atoms with Crippen LogP contribution in [0, 0.1) is 0 Å². The lowest BCUT2D eigenvalue weighted by Crippen LogP contribution is -2.24. The van der Waals surface area contributed by atoms with Crippen LogP contribution in [-0.2, 0) is 4.74 Å². The minimum atomic E-state index is -0.888. The third kappa shape index (κ3) is 2.12. The molecule has 1 rings (SSSR count). The van der Waals surface area contributed by atoms with Gasteiger partial charge in [-0.25, -0.2) is 9.79 Å². The van der Waals surface area contributed by atoms with Crippen LogP contribution in [0.1, 0.15) is 6.42 Å². The van der Waals surface area contributed by atoms with Gasteiger partial charge in [-0.05, 0) is 0 Å². The van der Waals surface area contributed by atoms with E-state index in [1.807, 2.05) is 0 Å². The van der Waals surface area contributed by atoms with Crippen molar-refractivity contribution in [3.8, 4) is 0 Å². The van der Waals surface area contributed by atoms with E-state index in [1.165, 1.54) is 6.20 Å². The molecule has 0 radical (unpaired) electrons. The van der Waals surface area contributed by atoms with Crippen LogP contribution in [0.15, 0.2) is 17.3 Å². The Morgan fingerprint density at radius 3 is 3.09 bits per heavy atom. The molecule has 0 saturated heterocycles. The van der Waals surface area contributed by atoms with Crippen LogP contribution in [-0.4, -0.2) is 16.9 Å². The molecule has 0 unspecified atom stereocenters. The molecule has 2 N–H and O–H groups in total. The molecule has 1 heterocycles. The number of aliphatic imine (C=N–C) groups is 1. The lowest BCUT2D eigenvalue weighted by atomic mass is 10.2. The Hall–Kier alpha value is -1.23. The van der Waals surface area contributed by atoms with Crippen molar-refractivity contribution in [3.05, 3.63) is 12.3 Å². The zero-order valence-electron chi connectivity index (χ0n) is 5.61. The van der Waals surface area contributed by atoms with Gasteiger partial charge in [-0.2, -0.15) is 0 Å². The van der Waals surface area contributed by atoms with Crippen molar-refractivity contribution >= 4 is 29.1 Å². The Morgan fingerprint density at radius 2 is 2.55 bits per heavy atom. The van der Waals surface area contributed by atoms with E-state index in [4.69, 9.17) is 18.0 Å². The number of hydrogen-bond donors (Lipinski definition) is 1. The first kappa shape index (κ1) is 7.87. The molecule has 1 aliphatic rings. The lowest BCUT2D eigenvalue weighted by Gasteiger charge is -2.06. The van der Waals surface area contributed by atoms with Crippen LogP contribution < -0.4 is 5.73 Å². The summed E-state index contributed by atoms with van der Waals surface area (Å²) >= 11 is 4.83. The number of primary amides is 1. The van der Waals surface area contributed by atoms with Crippen LogP contribution >= 0.6 is 12.2 Å². The minimum Gasteiger partial charge on any atom is -0.390 e. The highest BCUT2D eigenvalue weighted by Gasteiger charge is 2.11. The summed E-state index contributed by atoms with van der Waals surface area (Å²) in [6.45, 7) is 0. The fourth-order valence-electron chi connectivity index (χ4n) is 0.618. The molecule has 0 bridgehead atoms. The minimum absolute atomic E-state index is 0.134. The molecular formula is C6H6N2O2S. The predicted molar refractivity (Wildman–Crippen MR) is 44.5 cm³/mol. The molecule has 1 amide bonds. The smallest absolute Gasteiger partial charge is 0.390 e. The second-order valence-electron chi connectivity index (χ2n) is 1.87. The first-order valence-corrected chi connectivity index (χ1v) is 3.34. The highest BCUT2D eigenvalue weighted by molar-refractivity contribution is 7.82. The van der Waals surface area contributed by atoms with Crippen LogP contribution in [0.2, 0.25) is 0 Å². The maximum Gasteiger partial charge on any atom is 0.411 e. The Kier molecular flexibility index (Phi) is 2.32. The zero-order chi connectivity index (χ0) is 8.27. The molecule has 0 aromatic carbocycles. The molecule has 5 heteroatoms. The summed E-state index contributed by atoms with van der Waals surface area (Å²) in [6.07, 6.45) is 2.98. The number of thiocarbonyl (C=S) groups is 1. The maximum absolute atomic E-state index is 10.2. The van der Waals surface area contributed by atoms with Gasteiger partial charge in [0.05, 0.1) is 4.86 Å². The molecule has 0 spiro atoms. The molecule has 1 aliphatic heterocycles. The van der Waals surface area contributed by atoms with Crippen LogP contribution in [0.5, 0.6) is 0 Å². The molecule has 0 fully saturated rings. The summed E-state index contributed by atoms with van der Waals surface area (Å²) in [5, 5.41) is 0. The Balaban J connectivity index is 2.68. The number of hydrogen-bond acceptors (Lipinski definition) is 4. The van der Waals surface area contributed by atoms with Gasteiger partial charge in [0, 0.05) is 12.6 Å². The first-order valence-electron chi connectivity index (χ1n) is 2.93. The number of amides is 1. The van der Waals surface area contributed by atoms with Gasteiger partial charge in [0.1, 0.15) is 0 Å². The predicted octanol–water partition coefficient (Wildman–Crippen LogP) is 0.768. The van der Waals surface area contributed by atoms with Crippen LogP contribution in [0.3, 0.4) is 0 Å². The Labute approximate surface area is 68.7 Å². The van der Waals surface area contributed by atoms with E-state index in [0.717, 1.165) is 0 Å². The van der Waals surface area contributed by atoms with Crippen molar-refractivity contribution in [3.63, 3.8) is 0 Å². The largest absolute Gasteiger partial charge is 0.411 e. The number of ether oxygens (including phenoxy) is 1. The van der Waals surface area contributed by atoms with Crippen molar-refractivity contribution in [1.82, 2.24) is 0 Å². The second kappa shape index (κ2) is 3.25. The molecule has 0 aromatic rings. The van der Waals surface area contributed by atoms with Gasteiger partial charge >= 0.3 is 6.09 Å². The number of nitrogens with zero attached hydrogens (tertiary/aromatic N) is 1. The third-order valence-electron chi connectivity index (χ3n) is 1.04. The third-order valence-corrected chi connectivity index (χ3v) is 1.38. The normalized spacial score (nSPS) is 16.0. The van der Waals surface area contributed by atoms with E-state index in [9.17, 15) is 4.79 Å². The standard InChI is InChI=1S/C6H6N2O2S/c7-6(9)10-5-4(11)2-1-3-8-5/h1,3H,2H2,(H2,7,9). The van der Waals surface area contributed by atoms with E-state index >= 15 is 0 Å². The van der Waals surface area contributed by atoms with Gasteiger partial charge in [-0.15, -0.1) is 0 Å². The van der Waals surface area contributed by atoms with Crippen molar-refractivity contribution in [2.45, 2.75) is 6.42 Å². The SMILES string of the molecule is NC(=O)OC1=NC=CCC1=S. The molecule has 11 heavy (non-hydrogen) atoms. The van der Waals surface area contributed by atoms with Gasteiger partial charge in [-0.1, -0.05) is 18.3 Å². The van der Waals surface area contributed by atoms with Gasteiger partial charge in [0.15, 0.2) is 0 Å². The average Bonchev–Trinajstić information content (AvgIpc) is 1.93. The molecule has 58 valence electrons. The molecule has 4 nitrogen and oxygen atoms in total. The molecule has 0 aliphatic carbocycles. The quantitative estimate of drug-likeness (QED) is 0.546. The van der Waals surface area contributed by atoms with Crippen molar-refractivity contribution in [2.75, 3.05) is 0 Å². The zero-order valence-corrected chi connectivity index (χ0v) is 6.43. The summed E-state index contributed by atoms with van der Waals surface area (Å²) < 4.78 is 4.50. The fraction of sp³-hybridized carbons (Fsp3) is 0.167. The highest BCUT2D eigenvalue weighted by atomic mass is 32.1. The van der Waals surface area contributed by atoms with E-state index in [-0.39, 0.29) is 5.90 Å². The second-order valence-corrected chi connectivity index (χ2v) is 2.36. The van der Waals surface area contributed by atoms with Gasteiger partial charge in [-0.3, -0.25) is 0 Å². The topological polar surface area (TPSA) is 64.7 Å². The van der Waals surface area contributed by atoms with Crippen molar-refractivity contribution in [1.29, 1.82) is 0 Å². The van der Waals surface area contributed by atoms with Crippen molar-refractivity contribution in [2.24, 2.45) is 10.7 Å². The van der Waals surface area contributed by atoms with Crippen LogP contribution in [0.25, 0.3) is 0 Å². The summed E-state index contributed by atoms with van der Waals surface area (Å²) in [6, 6.07) is 0. The van der Waals surface area contributed by atoms with Gasteiger partial charge in [0.2, 0.25) is 5.90 Å². The highest BCUT2D eigenvalue weighted by Crippen LogP contribution is 2.01. The summed E-state index contributed by atoms with van der Waals surface area (Å²) in [4.78, 5) is 14.5. The van der Waals surface area contributed by atoms with E-state index in [2.05, 4.69) is 9.73 Å². The first-order chi connectivity index (χ1) is 5.20. The monoisotopic (exact) mass is 170 g/mol. The van der Waals surface area contributed by atoms with E-state index in [0.29, 0.717) is 11.3 Å². The Bertz CT molecular complexity index is 257. The number of carbonyl (C=O) groups excluding carboxylic acids is 1. The van der Waals surface area contributed by atoms with Gasteiger partial charge in [0.25, 0.3) is 0 Å². The number of allylic oxidation sites excluding steroid dienone is 1. The number of rotatable bonds is 0. The summed E-state index contributed by atoms with van der Waals surface area (Å²) in [5.41, 5.74) is 4.76. The molecule has 0 aromatic heterocycles.